The molecule has 0 saturated heterocycles. The van der Waals surface area contributed by atoms with Crippen LogP contribution in [0, 0.1) is 0 Å². The lowest BCUT2D eigenvalue weighted by Crippen LogP contribution is -2.38. The van der Waals surface area contributed by atoms with Gasteiger partial charge in [0.25, 0.3) is 0 Å². The first kappa shape index (κ1) is 11.2. The number of nitrogens with zero attached hydrogens (tertiary/aromatic N) is 1. The Bertz CT molecular complexity index is 139. The number of amides is 1. The minimum atomic E-state index is -0.536. The van der Waals surface area contributed by atoms with E-state index in [1.54, 1.807) is 6.92 Å². The summed E-state index contributed by atoms with van der Waals surface area (Å²) >= 11 is 0. The summed E-state index contributed by atoms with van der Waals surface area (Å²) in [5.41, 5.74) is 0. The van der Waals surface area contributed by atoms with E-state index < -0.39 is 6.09 Å². The second-order valence-corrected chi connectivity index (χ2v) is 2.48. The number of aliphatic hydroxyl groups is 2. The summed E-state index contributed by atoms with van der Waals surface area (Å²) in [5, 5.41) is 17.0. The van der Waals surface area contributed by atoms with E-state index in [1.807, 2.05) is 0 Å². The lowest BCUT2D eigenvalue weighted by atomic mass is 10.3. The predicted molar refractivity (Wildman–Crippen MR) is 42.7 cm³/mol. The van der Waals surface area contributed by atoms with Crippen molar-refractivity contribution in [2.24, 2.45) is 0 Å². The molecule has 0 saturated carbocycles. The molecule has 2 N–H and O–H groups in total. The van der Waals surface area contributed by atoms with E-state index in [2.05, 4.69) is 4.74 Å². The van der Waals surface area contributed by atoms with Crippen LogP contribution >= 0.6 is 0 Å². The van der Waals surface area contributed by atoms with Crippen molar-refractivity contribution in [1.82, 2.24) is 4.90 Å². The fourth-order valence-electron chi connectivity index (χ4n) is 0.537. The minimum Gasteiger partial charge on any atom is -0.447 e. The molecule has 0 aliphatic heterocycles. The topological polar surface area (TPSA) is 70.0 Å². The third kappa shape index (κ3) is 3.54. The molecule has 0 bridgehead atoms. The molecule has 0 fully saturated rings. The molecule has 0 radical (unpaired) electrons. The Morgan fingerprint density at radius 2 is 2.17 bits per heavy atom. The molecular weight excluding hydrogens is 162 g/mol. The molecule has 0 spiro atoms. The minimum absolute atomic E-state index is 0.0126. The molecule has 1 unspecified atom stereocenters. The van der Waals surface area contributed by atoms with E-state index in [0.29, 0.717) is 0 Å². The molecule has 0 aliphatic carbocycles. The average molecular weight is 177 g/mol. The van der Waals surface area contributed by atoms with Crippen molar-refractivity contribution in [1.29, 1.82) is 0 Å². The largest absolute Gasteiger partial charge is 0.447 e. The maximum atomic E-state index is 11.0. The van der Waals surface area contributed by atoms with Crippen LogP contribution in [0.4, 0.5) is 4.79 Å². The van der Waals surface area contributed by atoms with E-state index in [0.717, 1.165) is 0 Å². The van der Waals surface area contributed by atoms with Gasteiger partial charge in [-0.05, 0) is 6.92 Å². The number of ether oxygens (including phenoxy) is 1. The first-order valence-corrected chi connectivity index (χ1v) is 3.74. The molecule has 5 nitrogen and oxygen atoms in total. The van der Waals surface area contributed by atoms with Crippen LogP contribution in [0.1, 0.15) is 6.92 Å². The van der Waals surface area contributed by atoms with Crippen LogP contribution in [0.5, 0.6) is 0 Å². The van der Waals surface area contributed by atoms with Crippen LogP contribution in [-0.4, -0.2) is 54.1 Å². The summed E-state index contributed by atoms with van der Waals surface area (Å²) in [5.74, 6) is 0. The predicted octanol–water partition coefficient (Wildman–Crippen LogP) is -0.572. The van der Waals surface area contributed by atoms with E-state index in [9.17, 15) is 4.79 Å². The lowest BCUT2D eigenvalue weighted by molar-refractivity contribution is 0.0716. The zero-order chi connectivity index (χ0) is 9.56. The Labute approximate surface area is 71.6 Å². The van der Waals surface area contributed by atoms with Gasteiger partial charge in [0.2, 0.25) is 0 Å². The second kappa shape index (κ2) is 5.79. The number of rotatable bonds is 4. The molecule has 1 amide bonds. The summed E-state index contributed by atoms with van der Waals surface area (Å²) in [6.45, 7) is 1.39. The fraction of sp³-hybridized carbons (Fsp3) is 0.857. The zero-order valence-corrected chi connectivity index (χ0v) is 7.36. The number of hydrogen-bond acceptors (Lipinski definition) is 4. The van der Waals surface area contributed by atoms with Gasteiger partial charge in [-0.3, -0.25) is 0 Å². The molecular formula is C7H15NO4. The Balaban J connectivity index is 3.75. The van der Waals surface area contributed by atoms with Gasteiger partial charge in [0.1, 0.15) is 6.61 Å². The smallest absolute Gasteiger partial charge is 0.409 e. The van der Waals surface area contributed by atoms with Crippen molar-refractivity contribution in [3.05, 3.63) is 0 Å². The fourth-order valence-corrected chi connectivity index (χ4v) is 0.537. The van der Waals surface area contributed by atoms with Gasteiger partial charge < -0.3 is 19.8 Å². The highest BCUT2D eigenvalue weighted by Gasteiger charge is 2.15. The highest BCUT2D eigenvalue weighted by molar-refractivity contribution is 5.67. The van der Waals surface area contributed by atoms with Crippen LogP contribution in [0.25, 0.3) is 0 Å². The van der Waals surface area contributed by atoms with Gasteiger partial charge in [-0.1, -0.05) is 0 Å². The van der Waals surface area contributed by atoms with Crippen LogP contribution in [0.2, 0.25) is 0 Å². The highest BCUT2D eigenvalue weighted by atomic mass is 16.6. The Kier molecular flexibility index (Phi) is 5.40. The summed E-state index contributed by atoms with van der Waals surface area (Å²) in [6, 6.07) is -0.267. The first-order valence-electron chi connectivity index (χ1n) is 3.74. The monoisotopic (exact) mass is 177 g/mol. The molecule has 0 aromatic rings. The van der Waals surface area contributed by atoms with E-state index in [4.69, 9.17) is 10.2 Å². The van der Waals surface area contributed by atoms with Crippen LogP contribution in [0.15, 0.2) is 0 Å². The molecule has 0 rings (SSSR count). The average Bonchev–Trinajstić information content (AvgIpc) is 2.11. The van der Waals surface area contributed by atoms with Gasteiger partial charge in [0.05, 0.1) is 19.3 Å². The molecule has 0 aromatic heterocycles. The highest BCUT2D eigenvalue weighted by Crippen LogP contribution is 1.97. The van der Waals surface area contributed by atoms with Gasteiger partial charge in [0, 0.05) is 7.05 Å². The molecule has 12 heavy (non-hydrogen) atoms. The van der Waals surface area contributed by atoms with E-state index >= 15 is 0 Å². The number of aliphatic hydroxyl groups excluding tert-OH is 2. The van der Waals surface area contributed by atoms with E-state index in [1.165, 1.54) is 11.9 Å². The van der Waals surface area contributed by atoms with Gasteiger partial charge in [-0.25, -0.2) is 4.79 Å². The molecule has 1 atom stereocenters. The van der Waals surface area contributed by atoms with Gasteiger partial charge in [0.15, 0.2) is 0 Å². The summed E-state index contributed by atoms with van der Waals surface area (Å²) < 4.78 is 4.60. The number of carbonyl (C=O) groups is 1. The van der Waals surface area contributed by atoms with Crippen molar-refractivity contribution in [3.63, 3.8) is 0 Å². The lowest BCUT2D eigenvalue weighted by Gasteiger charge is -2.21. The quantitative estimate of drug-likeness (QED) is 0.603. The Morgan fingerprint density at radius 1 is 1.58 bits per heavy atom. The van der Waals surface area contributed by atoms with Crippen molar-refractivity contribution in [2.75, 3.05) is 26.9 Å². The summed E-state index contributed by atoms with van der Waals surface area (Å²) in [4.78, 5) is 12.3. The van der Waals surface area contributed by atoms with Crippen molar-refractivity contribution in [3.8, 4) is 0 Å². The maximum Gasteiger partial charge on any atom is 0.409 e. The van der Waals surface area contributed by atoms with E-state index in [-0.39, 0.29) is 25.9 Å². The van der Waals surface area contributed by atoms with Gasteiger partial charge in [-0.15, -0.1) is 0 Å². The van der Waals surface area contributed by atoms with Crippen LogP contribution < -0.4 is 0 Å². The third-order valence-electron chi connectivity index (χ3n) is 1.53. The van der Waals surface area contributed by atoms with Crippen molar-refractivity contribution >= 4 is 6.09 Å². The Hall–Kier alpha value is -0.810. The van der Waals surface area contributed by atoms with Crippen molar-refractivity contribution in [2.45, 2.75) is 13.0 Å². The van der Waals surface area contributed by atoms with Gasteiger partial charge >= 0.3 is 6.09 Å². The standard InChI is InChI=1S/C7H15NO4/c1-6(5-10)8(2)7(11)12-4-3-9/h6,9-10H,3-5H2,1-2H3. The SMILES string of the molecule is CC(CO)N(C)C(=O)OCCO. The van der Waals surface area contributed by atoms with Crippen LogP contribution in [0.3, 0.4) is 0 Å². The molecule has 0 aromatic carbocycles. The number of carbonyl (C=O) groups excluding carboxylic acids is 1. The normalized spacial score (nSPS) is 12.3. The van der Waals surface area contributed by atoms with Crippen LogP contribution in [-0.2, 0) is 4.74 Å². The summed E-state index contributed by atoms with van der Waals surface area (Å²) in [7, 11) is 1.53. The molecule has 72 valence electrons. The molecule has 5 heteroatoms. The zero-order valence-electron chi connectivity index (χ0n) is 7.36. The number of hydrogen-bond donors (Lipinski definition) is 2. The maximum absolute atomic E-state index is 11.0. The molecule has 0 aliphatic rings. The summed E-state index contributed by atoms with van der Waals surface area (Å²) in [6.07, 6.45) is -0.536. The Morgan fingerprint density at radius 3 is 2.58 bits per heavy atom. The van der Waals surface area contributed by atoms with Crippen molar-refractivity contribution < 1.29 is 19.7 Å². The first-order chi connectivity index (χ1) is 5.63. The number of likely N-dealkylation sites (N-methyl/N-ethyl adjacent to an activating group) is 1. The van der Waals surface area contributed by atoms with Gasteiger partial charge in [-0.2, -0.15) is 0 Å². The second-order valence-electron chi connectivity index (χ2n) is 2.48. The molecule has 0 heterocycles. The third-order valence-corrected chi connectivity index (χ3v) is 1.53.